The van der Waals surface area contributed by atoms with E-state index in [9.17, 15) is 19.2 Å². The molecule has 0 saturated carbocycles. The van der Waals surface area contributed by atoms with Crippen molar-refractivity contribution in [2.24, 2.45) is 0 Å². The second kappa shape index (κ2) is 19.9. The summed E-state index contributed by atoms with van der Waals surface area (Å²) in [5.41, 5.74) is 1.82. The first kappa shape index (κ1) is 40.3. The van der Waals surface area contributed by atoms with Crippen LogP contribution in [0.1, 0.15) is 11.1 Å². The Bertz CT molecular complexity index is 1910. The molecule has 0 aliphatic carbocycles. The molecule has 0 aliphatic heterocycles. The molecule has 0 aliphatic rings. The van der Waals surface area contributed by atoms with Crippen molar-refractivity contribution in [3.8, 4) is 46.0 Å². The molecule has 3 rings (SSSR count). The number of carbonyl (C=O) groups excluding carboxylic acids is 4. The van der Waals surface area contributed by atoms with Crippen molar-refractivity contribution in [3.63, 3.8) is 0 Å². The van der Waals surface area contributed by atoms with Crippen LogP contribution < -0.4 is 18.9 Å². The Morgan fingerprint density at radius 1 is 0.500 bits per heavy atom. The van der Waals surface area contributed by atoms with Crippen LogP contribution in [-0.2, 0) is 38.1 Å². The van der Waals surface area contributed by atoms with Crippen LogP contribution in [0.3, 0.4) is 0 Å². The smallest absolute Gasteiger partial charge is 0.341 e. The van der Waals surface area contributed by atoms with Crippen molar-refractivity contribution in [2.75, 3.05) is 54.9 Å². The average Bonchev–Trinajstić information content (AvgIpc) is 3.12. The second-order valence-corrected chi connectivity index (χ2v) is 10.8. The zero-order valence-corrected chi connectivity index (χ0v) is 29.3. The van der Waals surface area contributed by atoms with Gasteiger partial charge in [-0.3, -0.25) is 0 Å². The van der Waals surface area contributed by atoms with Gasteiger partial charge in [-0.15, -0.1) is 0 Å². The highest BCUT2D eigenvalue weighted by atomic mass is 16.6. The van der Waals surface area contributed by atoms with E-state index in [0.717, 1.165) is 0 Å². The van der Waals surface area contributed by atoms with Gasteiger partial charge in [-0.2, -0.15) is 0 Å². The fourth-order valence-corrected chi connectivity index (χ4v) is 4.14. The van der Waals surface area contributed by atoms with Gasteiger partial charge in [0.2, 0.25) is 0 Å². The number of benzene rings is 3. The molecule has 12 nitrogen and oxygen atoms in total. The number of methoxy groups -OCH3 is 4. The van der Waals surface area contributed by atoms with E-state index >= 15 is 0 Å². The molecule has 0 bridgehead atoms. The first-order valence-electron chi connectivity index (χ1n) is 15.4. The van der Waals surface area contributed by atoms with Crippen LogP contribution in [0.15, 0.2) is 109 Å². The highest BCUT2D eigenvalue weighted by Crippen LogP contribution is 2.38. The summed E-state index contributed by atoms with van der Waals surface area (Å²) in [4.78, 5) is 50.5. The molecule has 3 aromatic rings. The molecule has 12 heteroatoms. The highest BCUT2D eigenvalue weighted by Gasteiger charge is 2.21. The zero-order chi connectivity index (χ0) is 38.2. The summed E-state index contributed by atoms with van der Waals surface area (Å²) >= 11 is 0. The SMILES string of the molecule is C=C(COC)C(=O)Oc1ccc(C#Cc2cc(OC(=O)C(=C)COC)c(-c3ccc(OC(=O)C(=C)COC)cc3)cc2OC(=O)C(=C)COC)cc1. The van der Waals surface area contributed by atoms with Crippen LogP contribution in [0, 0.1) is 11.8 Å². The maximum absolute atomic E-state index is 13.0. The summed E-state index contributed by atoms with van der Waals surface area (Å²) in [6, 6.07) is 15.5. The quantitative estimate of drug-likeness (QED) is 0.0788. The van der Waals surface area contributed by atoms with E-state index < -0.39 is 23.9 Å². The number of carbonyl (C=O) groups is 4. The number of esters is 4. The zero-order valence-electron chi connectivity index (χ0n) is 29.3. The molecule has 0 N–H and O–H groups in total. The third-order valence-electron chi connectivity index (χ3n) is 6.70. The average molecular weight is 711 g/mol. The predicted octanol–water partition coefficient (Wildman–Crippen LogP) is 5.19. The fourth-order valence-electron chi connectivity index (χ4n) is 4.14. The van der Waals surface area contributed by atoms with E-state index in [-0.39, 0.29) is 77.3 Å². The third-order valence-corrected chi connectivity index (χ3v) is 6.70. The van der Waals surface area contributed by atoms with Gasteiger partial charge in [0.05, 0.1) is 54.3 Å². The monoisotopic (exact) mass is 710 g/mol. The molecule has 0 amide bonds. The van der Waals surface area contributed by atoms with Crippen LogP contribution in [0.5, 0.6) is 23.0 Å². The predicted molar refractivity (Wildman–Crippen MR) is 191 cm³/mol. The molecule has 0 aromatic heterocycles. The van der Waals surface area contributed by atoms with Crippen molar-refractivity contribution in [2.45, 2.75) is 0 Å². The lowest BCUT2D eigenvalue weighted by atomic mass is 10.0. The second-order valence-electron chi connectivity index (χ2n) is 10.8. The normalized spacial score (nSPS) is 10.2. The Morgan fingerprint density at radius 3 is 1.31 bits per heavy atom. The Hall–Kier alpha value is -6.10. The van der Waals surface area contributed by atoms with Crippen molar-refractivity contribution in [1.29, 1.82) is 0 Å². The van der Waals surface area contributed by atoms with E-state index in [2.05, 4.69) is 38.2 Å². The van der Waals surface area contributed by atoms with Gasteiger partial charge in [-0.25, -0.2) is 19.2 Å². The van der Waals surface area contributed by atoms with Crippen LogP contribution in [0.4, 0.5) is 0 Å². The van der Waals surface area contributed by atoms with Crippen molar-refractivity contribution in [1.82, 2.24) is 0 Å². The maximum Gasteiger partial charge on any atom is 0.341 e. The van der Waals surface area contributed by atoms with Crippen LogP contribution in [0.2, 0.25) is 0 Å². The third kappa shape index (κ3) is 11.8. The highest BCUT2D eigenvalue weighted by molar-refractivity contribution is 5.93. The molecular formula is C40H38O12. The molecule has 0 unspecified atom stereocenters. The van der Waals surface area contributed by atoms with E-state index in [1.54, 1.807) is 36.4 Å². The Balaban J connectivity index is 2.10. The van der Waals surface area contributed by atoms with Gasteiger partial charge in [0.1, 0.15) is 23.0 Å². The first-order valence-corrected chi connectivity index (χ1v) is 15.4. The number of rotatable bonds is 17. The molecule has 0 atom stereocenters. The van der Waals surface area contributed by atoms with Gasteiger partial charge in [0, 0.05) is 45.6 Å². The Kier molecular flexibility index (Phi) is 15.5. The maximum atomic E-state index is 13.0. The summed E-state index contributed by atoms with van der Waals surface area (Å²) in [6.45, 7) is 14.6. The molecule has 0 radical (unpaired) electrons. The van der Waals surface area contributed by atoms with Crippen LogP contribution in [0.25, 0.3) is 11.1 Å². The lowest BCUT2D eigenvalue weighted by Crippen LogP contribution is -2.16. The van der Waals surface area contributed by atoms with E-state index in [1.807, 2.05) is 0 Å². The lowest BCUT2D eigenvalue weighted by molar-refractivity contribution is -0.131. The number of hydrogen-bond acceptors (Lipinski definition) is 12. The molecule has 52 heavy (non-hydrogen) atoms. The molecular weight excluding hydrogens is 672 g/mol. The van der Waals surface area contributed by atoms with E-state index in [1.165, 1.54) is 52.7 Å². The summed E-state index contributed by atoms with van der Waals surface area (Å²) < 4.78 is 42.0. The number of hydrogen-bond donors (Lipinski definition) is 0. The van der Waals surface area contributed by atoms with Crippen molar-refractivity contribution in [3.05, 3.63) is 120 Å². The summed E-state index contributed by atoms with van der Waals surface area (Å²) in [5, 5.41) is 0. The minimum absolute atomic E-state index is 0.0000914. The van der Waals surface area contributed by atoms with Gasteiger partial charge in [0.25, 0.3) is 0 Å². The van der Waals surface area contributed by atoms with Crippen molar-refractivity contribution < 1.29 is 57.1 Å². The topological polar surface area (TPSA) is 142 Å². The molecule has 0 fully saturated rings. The Labute approximate surface area is 301 Å². The van der Waals surface area contributed by atoms with Crippen LogP contribution in [-0.4, -0.2) is 78.7 Å². The van der Waals surface area contributed by atoms with E-state index in [0.29, 0.717) is 16.7 Å². The molecule has 0 saturated heterocycles. The van der Waals surface area contributed by atoms with Gasteiger partial charge >= 0.3 is 23.9 Å². The molecule has 3 aromatic carbocycles. The molecule has 0 heterocycles. The summed E-state index contributed by atoms with van der Waals surface area (Å²) in [5.74, 6) is 3.58. The van der Waals surface area contributed by atoms with E-state index in [4.69, 9.17) is 37.9 Å². The van der Waals surface area contributed by atoms with Gasteiger partial charge < -0.3 is 37.9 Å². The summed E-state index contributed by atoms with van der Waals surface area (Å²) in [7, 11) is 5.68. The molecule has 270 valence electrons. The Morgan fingerprint density at radius 2 is 0.885 bits per heavy atom. The summed E-state index contributed by atoms with van der Waals surface area (Å²) in [6.07, 6.45) is 0. The minimum Gasteiger partial charge on any atom is -0.423 e. The van der Waals surface area contributed by atoms with Gasteiger partial charge in [-0.1, -0.05) is 50.3 Å². The fraction of sp³-hybridized carbons (Fsp3) is 0.200. The van der Waals surface area contributed by atoms with Crippen LogP contribution >= 0.6 is 0 Å². The molecule has 0 spiro atoms. The van der Waals surface area contributed by atoms with Crippen molar-refractivity contribution >= 4 is 23.9 Å². The number of ether oxygens (including phenoxy) is 8. The first-order chi connectivity index (χ1) is 24.9. The van der Waals surface area contributed by atoms with Gasteiger partial charge in [-0.05, 0) is 48.0 Å². The standard InChI is InChI=1S/C40H38O12/c1-25(21-45-5)37(41)49-32-15-10-29(11-16-32)9-12-31-19-36(52-40(44)28(4)24-48-8)34(20-35(31)51-39(43)27(3)23-47-7)30-13-17-33(18-14-30)50-38(42)26(2)22-46-6/h10-11,13-20H,1-4,21-24H2,5-8H3. The van der Waals surface area contributed by atoms with Gasteiger partial charge in [0.15, 0.2) is 0 Å². The largest absolute Gasteiger partial charge is 0.423 e. The minimum atomic E-state index is -0.783. The lowest BCUT2D eigenvalue weighted by Gasteiger charge is -2.16.